The van der Waals surface area contributed by atoms with Crippen molar-refractivity contribution in [1.29, 1.82) is 0 Å². The summed E-state index contributed by atoms with van der Waals surface area (Å²) in [5.74, 6) is -0.638. The lowest BCUT2D eigenvalue weighted by atomic mass is 10.1. The van der Waals surface area contributed by atoms with E-state index in [2.05, 4.69) is 16.2 Å². The monoisotopic (exact) mass is 453 g/mol. The molecule has 0 fully saturated rings. The zero-order valence-corrected chi connectivity index (χ0v) is 18.5. The molecule has 0 aromatic heterocycles. The van der Waals surface area contributed by atoms with Crippen LogP contribution in [0.2, 0.25) is 0 Å². The highest BCUT2D eigenvalue weighted by Gasteiger charge is 2.10. The minimum atomic E-state index is -0.497. The van der Waals surface area contributed by atoms with Gasteiger partial charge in [-0.05, 0) is 54.8 Å². The molecular formula is C27H23N3O4. The van der Waals surface area contributed by atoms with Crippen molar-refractivity contribution in [3.05, 3.63) is 108 Å². The number of carbonyl (C=O) groups excluding carboxylic acids is 3. The Bertz CT molecular complexity index is 1340. The van der Waals surface area contributed by atoms with Crippen LogP contribution in [-0.4, -0.2) is 24.3 Å². The number of fused-ring (bicyclic) bond motifs is 1. The van der Waals surface area contributed by atoms with Gasteiger partial charge < -0.3 is 10.1 Å². The van der Waals surface area contributed by atoms with Crippen molar-refractivity contribution in [3.63, 3.8) is 0 Å². The maximum Gasteiger partial charge on any atom is 0.276 e. The van der Waals surface area contributed by atoms with E-state index in [1.807, 2.05) is 55.5 Å². The van der Waals surface area contributed by atoms with Crippen LogP contribution in [0.15, 0.2) is 91.0 Å². The van der Waals surface area contributed by atoms with Gasteiger partial charge in [0, 0.05) is 22.2 Å². The number of rotatable bonds is 6. The zero-order valence-electron chi connectivity index (χ0n) is 18.5. The topological polar surface area (TPSA) is 96.5 Å². The quantitative estimate of drug-likeness (QED) is 0.381. The SMILES string of the molecule is Cc1cccc(C(=O)Nc2ccc(C(=O)NNC(=O)COc3cccc4ccccc34)cc2)c1. The van der Waals surface area contributed by atoms with Gasteiger partial charge in [-0.1, -0.05) is 54.1 Å². The molecule has 7 heteroatoms. The van der Waals surface area contributed by atoms with Crippen LogP contribution in [0.1, 0.15) is 26.3 Å². The predicted octanol–water partition coefficient (Wildman–Crippen LogP) is 4.24. The summed E-state index contributed by atoms with van der Waals surface area (Å²) in [5, 5.41) is 4.70. The second kappa shape index (κ2) is 10.3. The highest BCUT2D eigenvalue weighted by molar-refractivity contribution is 6.04. The smallest absolute Gasteiger partial charge is 0.276 e. The summed E-state index contributed by atoms with van der Waals surface area (Å²) < 4.78 is 5.61. The largest absolute Gasteiger partial charge is 0.483 e. The first-order valence-electron chi connectivity index (χ1n) is 10.7. The summed E-state index contributed by atoms with van der Waals surface area (Å²) in [6, 6.07) is 26.9. The van der Waals surface area contributed by atoms with E-state index in [0.717, 1.165) is 16.3 Å². The number of hydrogen-bond acceptors (Lipinski definition) is 4. The number of ether oxygens (including phenoxy) is 1. The van der Waals surface area contributed by atoms with Crippen LogP contribution < -0.4 is 20.9 Å². The summed E-state index contributed by atoms with van der Waals surface area (Å²) >= 11 is 0. The molecule has 4 aromatic rings. The lowest BCUT2D eigenvalue weighted by Gasteiger charge is -2.11. The molecule has 170 valence electrons. The van der Waals surface area contributed by atoms with Gasteiger partial charge in [0.15, 0.2) is 6.61 Å². The van der Waals surface area contributed by atoms with Gasteiger partial charge >= 0.3 is 0 Å². The Kier molecular flexibility index (Phi) is 6.84. The first kappa shape index (κ1) is 22.5. The van der Waals surface area contributed by atoms with E-state index in [9.17, 15) is 14.4 Å². The molecule has 0 saturated carbocycles. The van der Waals surface area contributed by atoms with Gasteiger partial charge in [0.2, 0.25) is 0 Å². The molecule has 0 aliphatic rings. The molecule has 0 unspecified atom stereocenters. The molecule has 0 bridgehead atoms. The number of anilines is 1. The summed E-state index contributed by atoms with van der Waals surface area (Å²) in [6.45, 7) is 1.66. The molecule has 3 amide bonds. The maximum absolute atomic E-state index is 12.3. The van der Waals surface area contributed by atoms with Gasteiger partial charge in [0.1, 0.15) is 5.75 Å². The maximum atomic E-state index is 12.3. The van der Waals surface area contributed by atoms with Gasteiger partial charge in [-0.25, -0.2) is 0 Å². The Labute approximate surface area is 196 Å². The fraction of sp³-hybridized carbons (Fsp3) is 0.0741. The van der Waals surface area contributed by atoms with Gasteiger partial charge in [0.05, 0.1) is 0 Å². The van der Waals surface area contributed by atoms with Crippen molar-refractivity contribution in [2.24, 2.45) is 0 Å². The minimum Gasteiger partial charge on any atom is -0.483 e. The van der Waals surface area contributed by atoms with Crippen LogP contribution in [0, 0.1) is 6.92 Å². The Morgan fingerprint density at radius 1 is 0.735 bits per heavy atom. The van der Waals surface area contributed by atoms with E-state index in [1.165, 1.54) is 0 Å². The standard InChI is InChI=1S/C27H23N3O4/c1-18-6-4-9-21(16-18)26(32)28-22-14-12-20(13-15-22)27(33)30-29-25(31)17-34-24-11-5-8-19-7-2-3-10-23(19)24/h2-16H,17H2,1H3,(H,28,32)(H,29,31)(H,30,33). The third kappa shape index (κ3) is 5.58. The van der Waals surface area contributed by atoms with Crippen molar-refractivity contribution in [1.82, 2.24) is 10.9 Å². The van der Waals surface area contributed by atoms with Crippen LogP contribution in [0.4, 0.5) is 5.69 Å². The van der Waals surface area contributed by atoms with E-state index in [4.69, 9.17) is 4.74 Å². The fourth-order valence-electron chi connectivity index (χ4n) is 3.39. The van der Waals surface area contributed by atoms with E-state index in [0.29, 0.717) is 22.6 Å². The Morgan fingerprint density at radius 2 is 1.47 bits per heavy atom. The summed E-state index contributed by atoms with van der Waals surface area (Å²) in [7, 11) is 0. The molecule has 34 heavy (non-hydrogen) atoms. The Balaban J connectivity index is 1.27. The molecule has 4 rings (SSSR count). The number of benzene rings is 4. The molecule has 3 N–H and O–H groups in total. The van der Waals surface area contributed by atoms with Crippen molar-refractivity contribution in [3.8, 4) is 5.75 Å². The zero-order chi connectivity index (χ0) is 23.9. The van der Waals surface area contributed by atoms with Gasteiger partial charge in [-0.15, -0.1) is 0 Å². The lowest BCUT2D eigenvalue weighted by molar-refractivity contribution is -0.123. The van der Waals surface area contributed by atoms with E-state index >= 15 is 0 Å². The average Bonchev–Trinajstić information content (AvgIpc) is 2.86. The average molecular weight is 453 g/mol. The van der Waals surface area contributed by atoms with E-state index in [1.54, 1.807) is 42.5 Å². The van der Waals surface area contributed by atoms with Crippen molar-refractivity contribution < 1.29 is 19.1 Å². The van der Waals surface area contributed by atoms with Crippen molar-refractivity contribution >= 4 is 34.2 Å². The van der Waals surface area contributed by atoms with E-state index < -0.39 is 11.8 Å². The molecule has 0 saturated heterocycles. The van der Waals surface area contributed by atoms with Gasteiger partial charge in [-0.2, -0.15) is 0 Å². The summed E-state index contributed by atoms with van der Waals surface area (Å²) in [4.78, 5) is 36.8. The number of hydrogen-bond donors (Lipinski definition) is 3. The lowest BCUT2D eigenvalue weighted by Crippen LogP contribution is -2.43. The Hall–Kier alpha value is -4.65. The fourth-order valence-corrected chi connectivity index (χ4v) is 3.39. The molecule has 0 atom stereocenters. The van der Waals surface area contributed by atoms with Crippen molar-refractivity contribution in [2.45, 2.75) is 6.92 Å². The normalized spacial score (nSPS) is 10.4. The van der Waals surface area contributed by atoms with E-state index in [-0.39, 0.29) is 12.5 Å². The molecule has 0 aliphatic heterocycles. The van der Waals surface area contributed by atoms with Crippen molar-refractivity contribution in [2.75, 3.05) is 11.9 Å². The highest BCUT2D eigenvalue weighted by atomic mass is 16.5. The van der Waals surface area contributed by atoms with Crippen LogP contribution in [0.25, 0.3) is 10.8 Å². The number of hydrazine groups is 1. The van der Waals surface area contributed by atoms with Crippen LogP contribution in [-0.2, 0) is 4.79 Å². The van der Waals surface area contributed by atoms with Gasteiger partial charge in [0.25, 0.3) is 17.7 Å². The summed E-state index contributed by atoms with van der Waals surface area (Å²) in [6.07, 6.45) is 0. The Morgan fingerprint density at radius 3 is 2.26 bits per heavy atom. The first-order chi connectivity index (χ1) is 16.5. The number of aryl methyl sites for hydroxylation is 1. The molecule has 7 nitrogen and oxygen atoms in total. The molecule has 0 radical (unpaired) electrons. The van der Waals surface area contributed by atoms with Crippen LogP contribution >= 0.6 is 0 Å². The summed E-state index contributed by atoms with van der Waals surface area (Å²) in [5.41, 5.74) is 7.11. The van der Waals surface area contributed by atoms with Crippen LogP contribution in [0.3, 0.4) is 0 Å². The molecular weight excluding hydrogens is 430 g/mol. The molecule has 0 heterocycles. The molecule has 0 aliphatic carbocycles. The highest BCUT2D eigenvalue weighted by Crippen LogP contribution is 2.24. The number of carbonyl (C=O) groups is 3. The van der Waals surface area contributed by atoms with Gasteiger partial charge in [-0.3, -0.25) is 25.2 Å². The predicted molar refractivity (Wildman–Crippen MR) is 131 cm³/mol. The second-order valence-electron chi connectivity index (χ2n) is 7.67. The number of nitrogens with one attached hydrogen (secondary N) is 3. The second-order valence-corrected chi connectivity index (χ2v) is 7.67. The molecule has 4 aromatic carbocycles. The first-order valence-corrected chi connectivity index (χ1v) is 10.7. The third-order valence-corrected chi connectivity index (χ3v) is 5.11. The van der Waals surface area contributed by atoms with Crippen LogP contribution in [0.5, 0.6) is 5.75 Å². The molecule has 0 spiro atoms. The number of amides is 3. The minimum absolute atomic E-state index is 0.237. The third-order valence-electron chi connectivity index (χ3n) is 5.11.